The Hall–Kier alpha value is -0.120. The molecule has 1 atom stereocenters. The van der Waals surface area contributed by atoms with Gasteiger partial charge in [-0.1, -0.05) is 0 Å². The van der Waals surface area contributed by atoms with E-state index >= 15 is 0 Å². The summed E-state index contributed by atoms with van der Waals surface area (Å²) in [6, 6.07) is 1.31. The highest BCUT2D eigenvalue weighted by molar-refractivity contribution is 4.81. The second-order valence-electron chi connectivity index (χ2n) is 3.77. The van der Waals surface area contributed by atoms with Crippen molar-refractivity contribution in [3.63, 3.8) is 0 Å². The van der Waals surface area contributed by atoms with E-state index in [0.29, 0.717) is 12.1 Å². The van der Waals surface area contributed by atoms with E-state index in [0.717, 1.165) is 26.1 Å². The van der Waals surface area contributed by atoms with Crippen LogP contribution in [0.3, 0.4) is 0 Å². The Bertz CT molecular complexity index is 123. The number of hydrogen-bond donors (Lipinski definition) is 2. The number of piperazine rings is 1. The Kier molecular flexibility index (Phi) is 3.98. The van der Waals surface area contributed by atoms with Gasteiger partial charge >= 0.3 is 0 Å². The lowest BCUT2D eigenvalue weighted by Gasteiger charge is -2.38. The maximum Gasteiger partial charge on any atom is 0.0235 e. The molecule has 12 heavy (non-hydrogen) atoms. The van der Waals surface area contributed by atoms with E-state index in [4.69, 9.17) is 5.73 Å². The average Bonchev–Trinajstić information content (AvgIpc) is 2.05. The first kappa shape index (κ1) is 9.96. The zero-order chi connectivity index (χ0) is 8.97. The lowest BCUT2D eigenvalue weighted by atomic mass is 10.1. The van der Waals surface area contributed by atoms with Crippen molar-refractivity contribution in [2.75, 3.05) is 26.2 Å². The fraction of sp³-hybridized carbons (Fsp3) is 1.00. The Labute approximate surface area is 75.3 Å². The van der Waals surface area contributed by atoms with Gasteiger partial charge in [0.05, 0.1) is 0 Å². The van der Waals surface area contributed by atoms with E-state index in [1.165, 1.54) is 6.54 Å². The molecule has 0 aromatic heterocycles. The summed E-state index contributed by atoms with van der Waals surface area (Å²) in [5.74, 6) is 0. The molecule has 3 heteroatoms. The van der Waals surface area contributed by atoms with Crippen LogP contribution >= 0.6 is 0 Å². The molecule has 3 nitrogen and oxygen atoms in total. The van der Waals surface area contributed by atoms with Crippen molar-refractivity contribution < 1.29 is 0 Å². The summed E-state index contributed by atoms with van der Waals surface area (Å²) in [6.45, 7) is 8.72. The van der Waals surface area contributed by atoms with Gasteiger partial charge < -0.3 is 11.1 Å². The van der Waals surface area contributed by atoms with Crippen LogP contribution in [0.25, 0.3) is 0 Å². The summed E-state index contributed by atoms with van der Waals surface area (Å²) >= 11 is 0. The number of hydrogen-bond acceptors (Lipinski definition) is 3. The topological polar surface area (TPSA) is 41.3 Å². The van der Waals surface area contributed by atoms with Gasteiger partial charge in [-0.15, -0.1) is 0 Å². The molecule has 1 rings (SSSR count). The van der Waals surface area contributed by atoms with Gasteiger partial charge in [-0.3, -0.25) is 4.90 Å². The summed E-state index contributed by atoms with van der Waals surface area (Å²) in [5, 5.41) is 3.41. The highest BCUT2D eigenvalue weighted by atomic mass is 15.2. The third-order valence-corrected chi connectivity index (χ3v) is 2.56. The number of nitrogens with two attached hydrogens (primary N) is 1. The molecule has 1 aliphatic heterocycles. The van der Waals surface area contributed by atoms with Crippen molar-refractivity contribution in [1.29, 1.82) is 0 Å². The molecular formula is C9H21N3. The van der Waals surface area contributed by atoms with Crippen LogP contribution in [0.15, 0.2) is 0 Å². The predicted molar refractivity (Wildman–Crippen MR) is 52.2 cm³/mol. The zero-order valence-electron chi connectivity index (χ0n) is 8.21. The number of nitrogens with one attached hydrogen (secondary N) is 1. The van der Waals surface area contributed by atoms with Crippen molar-refractivity contribution in [3.05, 3.63) is 0 Å². The van der Waals surface area contributed by atoms with Crippen molar-refractivity contribution >= 4 is 0 Å². The molecule has 1 fully saturated rings. The number of rotatable bonds is 3. The van der Waals surface area contributed by atoms with Gasteiger partial charge in [-0.2, -0.15) is 0 Å². The molecular weight excluding hydrogens is 150 g/mol. The van der Waals surface area contributed by atoms with Crippen LogP contribution in [-0.4, -0.2) is 43.2 Å². The van der Waals surface area contributed by atoms with Crippen molar-refractivity contribution in [3.8, 4) is 0 Å². The quantitative estimate of drug-likeness (QED) is 0.629. The summed E-state index contributed by atoms with van der Waals surface area (Å²) in [6.07, 6.45) is 1.12. The first-order valence-corrected chi connectivity index (χ1v) is 4.92. The third-order valence-electron chi connectivity index (χ3n) is 2.56. The monoisotopic (exact) mass is 171 g/mol. The summed E-state index contributed by atoms with van der Waals surface area (Å²) in [7, 11) is 0. The van der Waals surface area contributed by atoms with E-state index in [2.05, 4.69) is 24.1 Å². The van der Waals surface area contributed by atoms with Gasteiger partial charge in [0.1, 0.15) is 0 Å². The fourth-order valence-corrected chi connectivity index (χ4v) is 1.92. The van der Waals surface area contributed by atoms with Crippen LogP contribution in [0.2, 0.25) is 0 Å². The van der Waals surface area contributed by atoms with Gasteiger partial charge in [0, 0.05) is 31.7 Å². The molecule has 72 valence electrons. The summed E-state index contributed by atoms with van der Waals surface area (Å²) in [4.78, 5) is 2.54. The first-order chi connectivity index (χ1) is 5.75. The van der Waals surface area contributed by atoms with Crippen molar-refractivity contribution in [1.82, 2.24) is 10.2 Å². The van der Waals surface area contributed by atoms with E-state index in [-0.39, 0.29) is 0 Å². The molecule has 1 saturated heterocycles. The van der Waals surface area contributed by atoms with Gasteiger partial charge in [-0.05, 0) is 26.8 Å². The summed E-state index contributed by atoms with van der Waals surface area (Å²) in [5.41, 5.74) is 5.57. The predicted octanol–water partition coefficient (Wildman–Crippen LogP) is 0.0174. The highest BCUT2D eigenvalue weighted by Gasteiger charge is 2.22. The smallest absolute Gasteiger partial charge is 0.0235 e. The minimum atomic E-state index is 0.656. The zero-order valence-corrected chi connectivity index (χ0v) is 8.21. The van der Waals surface area contributed by atoms with Crippen LogP contribution in [0.4, 0.5) is 0 Å². The van der Waals surface area contributed by atoms with E-state index in [1.54, 1.807) is 0 Å². The van der Waals surface area contributed by atoms with Gasteiger partial charge in [-0.25, -0.2) is 0 Å². The average molecular weight is 171 g/mol. The van der Waals surface area contributed by atoms with Gasteiger partial charge in [0.25, 0.3) is 0 Å². The van der Waals surface area contributed by atoms with E-state index in [9.17, 15) is 0 Å². The Balaban J connectivity index is 2.42. The minimum Gasteiger partial charge on any atom is -0.330 e. The molecule has 0 spiro atoms. The van der Waals surface area contributed by atoms with Crippen molar-refractivity contribution in [2.24, 2.45) is 5.73 Å². The third kappa shape index (κ3) is 2.44. The minimum absolute atomic E-state index is 0.656. The van der Waals surface area contributed by atoms with Crippen molar-refractivity contribution in [2.45, 2.75) is 32.4 Å². The Morgan fingerprint density at radius 3 is 2.92 bits per heavy atom. The molecule has 0 aliphatic carbocycles. The molecule has 0 saturated carbocycles. The molecule has 1 unspecified atom stereocenters. The lowest BCUT2D eigenvalue weighted by Crippen LogP contribution is -2.54. The van der Waals surface area contributed by atoms with Gasteiger partial charge in [0.15, 0.2) is 0 Å². The van der Waals surface area contributed by atoms with Crippen LogP contribution in [0, 0.1) is 0 Å². The largest absolute Gasteiger partial charge is 0.330 e. The Morgan fingerprint density at radius 1 is 1.58 bits per heavy atom. The molecule has 1 aliphatic rings. The molecule has 0 amide bonds. The molecule has 1 heterocycles. The first-order valence-electron chi connectivity index (χ1n) is 4.92. The van der Waals surface area contributed by atoms with Crippen LogP contribution in [0.1, 0.15) is 20.3 Å². The molecule has 0 radical (unpaired) electrons. The molecule has 0 bridgehead atoms. The highest BCUT2D eigenvalue weighted by Crippen LogP contribution is 2.10. The Morgan fingerprint density at radius 2 is 2.33 bits per heavy atom. The fourth-order valence-electron chi connectivity index (χ4n) is 1.92. The second-order valence-corrected chi connectivity index (χ2v) is 3.77. The van der Waals surface area contributed by atoms with E-state index in [1.807, 2.05) is 0 Å². The SMILES string of the molecule is CC(C)N1CCNCC1CCN. The van der Waals surface area contributed by atoms with Crippen LogP contribution < -0.4 is 11.1 Å². The maximum absolute atomic E-state index is 5.57. The van der Waals surface area contributed by atoms with E-state index < -0.39 is 0 Å². The van der Waals surface area contributed by atoms with Gasteiger partial charge in [0.2, 0.25) is 0 Å². The normalized spacial score (nSPS) is 26.5. The number of nitrogens with zero attached hydrogens (tertiary/aromatic N) is 1. The second kappa shape index (κ2) is 4.80. The maximum atomic E-state index is 5.57. The lowest BCUT2D eigenvalue weighted by molar-refractivity contribution is 0.119. The molecule has 3 N–H and O–H groups in total. The molecule has 0 aromatic carbocycles. The standard InChI is InChI=1S/C9H21N3/c1-8(2)12-6-5-11-7-9(12)3-4-10/h8-9,11H,3-7,10H2,1-2H3. The van der Waals surface area contributed by atoms with Crippen LogP contribution in [-0.2, 0) is 0 Å². The summed E-state index contributed by atoms with van der Waals surface area (Å²) < 4.78 is 0. The van der Waals surface area contributed by atoms with Crippen LogP contribution in [0.5, 0.6) is 0 Å². The molecule has 0 aromatic rings.